The molecule has 0 spiro atoms. The minimum atomic E-state index is -4.74. The second-order valence-electron chi connectivity index (χ2n) is 3.51. The van der Waals surface area contributed by atoms with E-state index < -0.39 is 12.3 Å². The summed E-state index contributed by atoms with van der Waals surface area (Å²) in [4.78, 5) is 14.3. The molecular weight excluding hydrogens is 301 g/mol. The third-order valence-electron chi connectivity index (χ3n) is 2.17. The number of carboxylic acid groups (broad SMARTS) is 1. The van der Waals surface area contributed by atoms with Crippen molar-refractivity contribution in [3.05, 3.63) is 42.5 Å². The fourth-order valence-corrected chi connectivity index (χ4v) is 1.39. The van der Waals surface area contributed by atoms with E-state index in [2.05, 4.69) is 9.72 Å². The van der Waals surface area contributed by atoms with E-state index in [4.69, 9.17) is 5.11 Å². The van der Waals surface area contributed by atoms with Gasteiger partial charge in [0.05, 0.1) is 0 Å². The summed E-state index contributed by atoms with van der Waals surface area (Å²) in [6.45, 7) is 0. The Bertz CT molecular complexity index is 596. The van der Waals surface area contributed by atoms with Crippen molar-refractivity contribution in [2.75, 3.05) is 0 Å². The van der Waals surface area contributed by atoms with Crippen molar-refractivity contribution in [1.82, 2.24) is 9.55 Å². The molecule has 1 aromatic carbocycles. The Morgan fingerprint density at radius 1 is 1.25 bits per heavy atom. The van der Waals surface area contributed by atoms with Crippen LogP contribution in [0.2, 0.25) is 0 Å². The first-order valence-corrected chi connectivity index (χ1v) is 4.98. The van der Waals surface area contributed by atoms with Gasteiger partial charge >= 0.3 is 12.3 Å². The molecule has 0 unspecified atom stereocenters. The standard InChI is InChI=1S/C11H7F3N2O3.ClH/c12-11(13,14)19-8-3-1-7(2-4-8)16-5-9(10(17)18)15-6-16;/h1-6H,(H,17,18);1H. The van der Waals surface area contributed by atoms with Gasteiger partial charge in [-0.25, -0.2) is 9.78 Å². The van der Waals surface area contributed by atoms with E-state index in [0.717, 1.165) is 12.1 Å². The Morgan fingerprint density at radius 3 is 2.30 bits per heavy atom. The summed E-state index contributed by atoms with van der Waals surface area (Å²) in [5.41, 5.74) is 0.310. The van der Waals surface area contributed by atoms with E-state index in [1.807, 2.05) is 0 Å². The Balaban J connectivity index is 0.00000200. The molecule has 108 valence electrons. The maximum atomic E-state index is 12.0. The molecule has 1 N–H and O–H groups in total. The molecule has 2 rings (SSSR count). The zero-order valence-corrected chi connectivity index (χ0v) is 10.5. The molecular formula is C11H8ClF3N2O3. The summed E-state index contributed by atoms with van der Waals surface area (Å²) in [5, 5.41) is 8.70. The first kappa shape index (κ1) is 15.8. The highest BCUT2D eigenvalue weighted by Gasteiger charge is 2.30. The quantitative estimate of drug-likeness (QED) is 0.947. The number of alkyl halides is 3. The third-order valence-corrected chi connectivity index (χ3v) is 2.17. The van der Waals surface area contributed by atoms with Gasteiger partial charge in [-0.1, -0.05) is 0 Å². The van der Waals surface area contributed by atoms with Gasteiger partial charge in [0.15, 0.2) is 5.69 Å². The van der Waals surface area contributed by atoms with Gasteiger partial charge in [-0.3, -0.25) is 0 Å². The van der Waals surface area contributed by atoms with Gasteiger partial charge in [0.25, 0.3) is 0 Å². The van der Waals surface area contributed by atoms with Crippen LogP contribution in [0, 0.1) is 0 Å². The zero-order chi connectivity index (χ0) is 14.0. The van der Waals surface area contributed by atoms with E-state index in [0.29, 0.717) is 5.69 Å². The zero-order valence-electron chi connectivity index (χ0n) is 9.66. The van der Waals surface area contributed by atoms with Crippen LogP contribution in [0.4, 0.5) is 13.2 Å². The van der Waals surface area contributed by atoms with Crippen LogP contribution in [-0.2, 0) is 0 Å². The Kier molecular flexibility index (Phi) is 4.61. The van der Waals surface area contributed by atoms with Crippen molar-refractivity contribution in [2.45, 2.75) is 6.36 Å². The molecule has 0 amide bonds. The normalized spacial score (nSPS) is 10.8. The van der Waals surface area contributed by atoms with Crippen molar-refractivity contribution < 1.29 is 27.8 Å². The summed E-state index contributed by atoms with van der Waals surface area (Å²) in [6.07, 6.45) is -2.24. The van der Waals surface area contributed by atoms with Crippen LogP contribution in [-0.4, -0.2) is 27.0 Å². The molecule has 0 saturated carbocycles. The third kappa shape index (κ3) is 3.89. The molecule has 0 bridgehead atoms. The lowest BCUT2D eigenvalue weighted by molar-refractivity contribution is -0.274. The second kappa shape index (κ2) is 5.83. The maximum absolute atomic E-state index is 12.0. The van der Waals surface area contributed by atoms with Gasteiger partial charge in [-0.15, -0.1) is 25.6 Å². The number of halogens is 4. The lowest BCUT2D eigenvalue weighted by atomic mass is 10.3. The monoisotopic (exact) mass is 308 g/mol. The average molecular weight is 309 g/mol. The molecule has 9 heteroatoms. The Labute approximate surface area is 117 Å². The molecule has 1 heterocycles. The van der Waals surface area contributed by atoms with Crippen molar-refractivity contribution in [3.8, 4) is 11.4 Å². The molecule has 5 nitrogen and oxygen atoms in total. The second-order valence-corrected chi connectivity index (χ2v) is 3.51. The van der Waals surface area contributed by atoms with E-state index in [9.17, 15) is 18.0 Å². The van der Waals surface area contributed by atoms with Gasteiger partial charge in [0.2, 0.25) is 0 Å². The number of ether oxygens (including phenoxy) is 1. The number of hydrogen-bond acceptors (Lipinski definition) is 3. The van der Waals surface area contributed by atoms with Gasteiger partial charge in [0.1, 0.15) is 12.1 Å². The molecule has 0 fully saturated rings. The highest BCUT2D eigenvalue weighted by atomic mass is 35.5. The number of aromatic carboxylic acids is 1. The number of imidazole rings is 1. The first-order valence-electron chi connectivity index (χ1n) is 4.98. The largest absolute Gasteiger partial charge is 0.573 e. The van der Waals surface area contributed by atoms with E-state index in [1.165, 1.54) is 29.2 Å². The number of rotatable bonds is 3. The predicted octanol–water partition coefficient (Wildman–Crippen LogP) is 2.89. The summed E-state index contributed by atoms with van der Waals surface area (Å²) >= 11 is 0. The predicted molar refractivity (Wildman–Crippen MR) is 64.5 cm³/mol. The maximum Gasteiger partial charge on any atom is 0.573 e. The molecule has 0 saturated heterocycles. The lowest BCUT2D eigenvalue weighted by Gasteiger charge is -2.09. The van der Waals surface area contributed by atoms with Gasteiger partial charge < -0.3 is 14.4 Å². The lowest BCUT2D eigenvalue weighted by Crippen LogP contribution is -2.17. The molecule has 2 aromatic rings. The average Bonchev–Trinajstić information content (AvgIpc) is 2.77. The van der Waals surface area contributed by atoms with Gasteiger partial charge in [-0.2, -0.15) is 0 Å². The summed E-state index contributed by atoms with van der Waals surface area (Å²) < 4.78 is 41.0. The van der Waals surface area contributed by atoms with Crippen LogP contribution >= 0.6 is 12.4 Å². The number of carbonyl (C=O) groups is 1. The highest BCUT2D eigenvalue weighted by molar-refractivity contribution is 5.85. The summed E-state index contributed by atoms with van der Waals surface area (Å²) in [6, 6.07) is 4.97. The highest BCUT2D eigenvalue weighted by Crippen LogP contribution is 2.23. The number of nitrogens with zero attached hydrogens (tertiary/aromatic N) is 2. The van der Waals surface area contributed by atoms with Crippen molar-refractivity contribution in [3.63, 3.8) is 0 Å². The van der Waals surface area contributed by atoms with Crippen molar-refractivity contribution in [2.24, 2.45) is 0 Å². The number of benzene rings is 1. The number of aromatic nitrogens is 2. The number of carboxylic acids is 1. The van der Waals surface area contributed by atoms with Crippen LogP contribution in [0.1, 0.15) is 10.5 Å². The van der Waals surface area contributed by atoms with Gasteiger partial charge in [0, 0.05) is 11.9 Å². The van der Waals surface area contributed by atoms with E-state index in [1.54, 1.807) is 0 Å². The van der Waals surface area contributed by atoms with E-state index in [-0.39, 0.29) is 23.9 Å². The number of hydrogen-bond donors (Lipinski definition) is 1. The summed E-state index contributed by atoms with van der Waals surface area (Å²) in [5.74, 6) is -1.54. The smallest absolute Gasteiger partial charge is 0.476 e. The van der Waals surface area contributed by atoms with Crippen molar-refractivity contribution in [1.29, 1.82) is 0 Å². The minimum Gasteiger partial charge on any atom is -0.476 e. The minimum absolute atomic E-state index is 0. The molecule has 0 aliphatic rings. The summed E-state index contributed by atoms with van der Waals surface area (Å²) in [7, 11) is 0. The fourth-order valence-electron chi connectivity index (χ4n) is 1.39. The fraction of sp³-hybridized carbons (Fsp3) is 0.0909. The molecule has 1 aromatic heterocycles. The first-order chi connectivity index (χ1) is 8.85. The topological polar surface area (TPSA) is 64.3 Å². The van der Waals surface area contributed by atoms with E-state index >= 15 is 0 Å². The molecule has 20 heavy (non-hydrogen) atoms. The Morgan fingerprint density at radius 2 is 1.85 bits per heavy atom. The van der Waals surface area contributed by atoms with Crippen LogP contribution in [0.15, 0.2) is 36.8 Å². The van der Waals surface area contributed by atoms with Crippen LogP contribution in [0.25, 0.3) is 5.69 Å². The Hall–Kier alpha value is -2.22. The van der Waals surface area contributed by atoms with Crippen LogP contribution < -0.4 is 4.74 Å². The van der Waals surface area contributed by atoms with Crippen LogP contribution in [0.5, 0.6) is 5.75 Å². The SMILES string of the molecule is Cl.O=C(O)c1cn(-c2ccc(OC(F)(F)F)cc2)cn1. The molecule has 0 aliphatic heterocycles. The molecule has 0 atom stereocenters. The molecule has 0 radical (unpaired) electrons. The van der Waals surface area contributed by atoms with Crippen molar-refractivity contribution >= 4 is 18.4 Å². The molecule has 0 aliphatic carbocycles. The van der Waals surface area contributed by atoms with Gasteiger partial charge in [-0.05, 0) is 24.3 Å². The van der Waals surface area contributed by atoms with Crippen LogP contribution in [0.3, 0.4) is 0 Å².